The van der Waals surface area contributed by atoms with Crippen LogP contribution in [0.2, 0.25) is 0 Å². The fourth-order valence-electron chi connectivity index (χ4n) is 1.83. The maximum absolute atomic E-state index is 9.04. The van der Waals surface area contributed by atoms with Gasteiger partial charge in [0.1, 0.15) is 0 Å². The van der Waals surface area contributed by atoms with Gasteiger partial charge >= 0.3 is 7.12 Å². The minimum atomic E-state index is -0.558. The van der Waals surface area contributed by atoms with Crippen LogP contribution in [0.15, 0.2) is 18.7 Å². The molecule has 2 heterocycles. The third kappa shape index (κ3) is 2.42. The molecular formula is C14H17BN2O2. The normalized spacial score (nSPS) is 20.1. The van der Waals surface area contributed by atoms with Crippen LogP contribution < -0.4 is 5.59 Å². The predicted molar refractivity (Wildman–Crippen MR) is 74.8 cm³/mol. The first kappa shape index (κ1) is 13.8. The molecule has 0 radical (unpaired) electrons. The lowest BCUT2D eigenvalue weighted by Crippen LogP contribution is -2.41. The Labute approximate surface area is 114 Å². The molecule has 0 bridgehead atoms. The second-order valence-electron chi connectivity index (χ2n) is 5.61. The Kier molecular flexibility index (Phi) is 3.25. The minimum absolute atomic E-state index is 0.420. The van der Waals surface area contributed by atoms with Crippen molar-refractivity contribution in [3.63, 3.8) is 0 Å². The van der Waals surface area contributed by atoms with Gasteiger partial charge in [-0.2, -0.15) is 5.26 Å². The molecule has 1 fully saturated rings. The number of nitriles is 1. The molecular weight excluding hydrogens is 239 g/mol. The molecule has 0 unspecified atom stereocenters. The summed E-state index contributed by atoms with van der Waals surface area (Å²) in [7, 11) is -0.558. The largest absolute Gasteiger partial charge is 0.514 e. The zero-order valence-corrected chi connectivity index (χ0v) is 11.7. The van der Waals surface area contributed by atoms with Gasteiger partial charge in [-0.25, -0.2) is 0 Å². The van der Waals surface area contributed by atoms with Gasteiger partial charge in [0.25, 0.3) is 0 Å². The summed E-state index contributed by atoms with van der Waals surface area (Å²) >= 11 is 0. The van der Waals surface area contributed by atoms with Crippen molar-refractivity contribution < 1.29 is 9.31 Å². The van der Waals surface area contributed by atoms with Crippen molar-refractivity contribution in [3.05, 3.63) is 30.0 Å². The van der Waals surface area contributed by atoms with Crippen molar-refractivity contribution >= 4 is 18.8 Å². The van der Waals surface area contributed by atoms with Crippen LogP contribution in [0.25, 0.3) is 6.08 Å². The number of rotatable bonds is 2. The average Bonchev–Trinajstić information content (AvgIpc) is 2.58. The standard InChI is InChI=1S/C14H17BN2O2/c1-6-11-7-10(9-16)8-12(17-11)15-18-13(2,3)14(4,5)19-15/h6-8H,1H2,2-5H3. The molecule has 1 aromatic rings. The molecule has 0 saturated carbocycles. The lowest BCUT2D eigenvalue weighted by Gasteiger charge is -2.32. The molecule has 5 heteroatoms. The van der Waals surface area contributed by atoms with E-state index in [1.54, 1.807) is 18.2 Å². The van der Waals surface area contributed by atoms with Crippen molar-refractivity contribution in [2.45, 2.75) is 38.9 Å². The number of aromatic nitrogens is 1. The monoisotopic (exact) mass is 256 g/mol. The molecule has 2 rings (SSSR count). The van der Waals surface area contributed by atoms with Gasteiger partial charge < -0.3 is 9.31 Å². The molecule has 4 nitrogen and oxygen atoms in total. The van der Waals surface area contributed by atoms with Crippen LogP contribution in [-0.4, -0.2) is 23.3 Å². The van der Waals surface area contributed by atoms with Crippen LogP contribution in [0.4, 0.5) is 0 Å². The fraction of sp³-hybridized carbons (Fsp3) is 0.429. The SMILES string of the molecule is C=Cc1cc(C#N)cc(B2OC(C)(C)C(C)(C)O2)n1. The third-order valence-electron chi connectivity index (χ3n) is 3.70. The Bertz CT molecular complexity index is 545. The molecule has 19 heavy (non-hydrogen) atoms. The highest BCUT2D eigenvalue weighted by atomic mass is 16.7. The van der Waals surface area contributed by atoms with Crippen LogP contribution >= 0.6 is 0 Å². The van der Waals surface area contributed by atoms with E-state index in [-0.39, 0.29) is 0 Å². The van der Waals surface area contributed by atoms with E-state index >= 15 is 0 Å². The molecule has 0 amide bonds. The Morgan fingerprint density at radius 3 is 2.32 bits per heavy atom. The summed E-state index contributed by atoms with van der Waals surface area (Å²) in [6.07, 6.45) is 1.61. The van der Waals surface area contributed by atoms with Gasteiger partial charge in [0.2, 0.25) is 0 Å². The zero-order valence-electron chi connectivity index (χ0n) is 11.7. The summed E-state index contributed by atoms with van der Waals surface area (Å²) < 4.78 is 11.8. The van der Waals surface area contributed by atoms with E-state index in [2.05, 4.69) is 17.6 Å². The van der Waals surface area contributed by atoms with Crippen molar-refractivity contribution in [3.8, 4) is 6.07 Å². The molecule has 1 aliphatic rings. The number of hydrogen-bond donors (Lipinski definition) is 0. The highest BCUT2D eigenvalue weighted by Crippen LogP contribution is 2.36. The van der Waals surface area contributed by atoms with Crippen molar-refractivity contribution in [1.82, 2.24) is 4.98 Å². The third-order valence-corrected chi connectivity index (χ3v) is 3.70. The molecule has 1 aliphatic heterocycles. The van der Waals surface area contributed by atoms with Crippen molar-refractivity contribution in [2.24, 2.45) is 0 Å². The first-order valence-corrected chi connectivity index (χ1v) is 6.19. The number of nitrogens with zero attached hydrogens (tertiary/aromatic N) is 2. The topological polar surface area (TPSA) is 55.1 Å². The molecule has 0 spiro atoms. The van der Waals surface area contributed by atoms with Gasteiger partial charge in [-0.3, -0.25) is 4.98 Å². The molecule has 0 aromatic carbocycles. The van der Waals surface area contributed by atoms with E-state index in [4.69, 9.17) is 14.6 Å². The maximum Gasteiger partial charge on any atom is 0.514 e. The molecule has 1 saturated heterocycles. The number of hydrogen-bond acceptors (Lipinski definition) is 4. The Balaban J connectivity index is 2.39. The predicted octanol–water partition coefficient (Wildman–Crippen LogP) is 1.90. The van der Waals surface area contributed by atoms with Crippen LogP contribution in [0.3, 0.4) is 0 Å². The fourth-order valence-corrected chi connectivity index (χ4v) is 1.83. The van der Waals surface area contributed by atoms with Gasteiger partial charge in [-0.05, 0) is 45.9 Å². The van der Waals surface area contributed by atoms with Gasteiger partial charge in [-0.1, -0.05) is 6.58 Å². The summed E-state index contributed by atoms with van der Waals surface area (Å²) in [5, 5.41) is 9.04. The smallest absolute Gasteiger partial charge is 0.398 e. The minimum Gasteiger partial charge on any atom is -0.398 e. The van der Waals surface area contributed by atoms with E-state index in [1.165, 1.54) is 0 Å². The Morgan fingerprint density at radius 2 is 1.84 bits per heavy atom. The van der Waals surface area contributed by atoms with Crippen molar-refractivity contribution in [2.75, 3.05) is 0 Å². The van der Waals surface area contributed by atoms with Gasteiger partial charge in [0, 0.05) is 0 Å². The van der Waals surface area contributed by atoms with Gasteiger partial charge in [0.15, 0.2) is 0 Å². The summed E-state index contributed by atoms with van der Waals surface area (Å²) in [5.74, 6) is 0. The summed E-state index contributed by atoms with van der Waals surface area (Å²) in [5.41, 5.74) is 0.929. The average molecular weight is 256 g/mol. The molecule has 1 aromatic heterocycles. The molecule has 98 valence electrons. The highest BCUT2D eigenvalue weighted by Gasteiger charge is 2.52. The lowest BCUT2D eigenvalue weighted by atomic mass is 9.83. The van der Waals surface area contributed by atoms with E-state index in [9.17, 15) is 0 Å². The van der Waals surface area contributed by atoms with Crippen molar-refractivity contribution in [1.29, 1.82) is 5.26 Å². The molecule has 0 aliphatic carbocycles. The van der Waals surface area contributed by atoms with Gasteiger partial charge in [0.05, 0.1) is 34.1 Å². The van der Waals surface area contributed by atoms with E-state index in [0.29, 0.717) is 16.9 Å². The van der Waals surface area contributed by atoms with E-state index in [0.717, 1.165) is 0 Å². The number of pyridine rings is 1. The summed E-state index contributed by atoms with van der Waals surface area (Å²) in [6.45, 7) is 11.6. The zero-order chi connectivity index (χ0) is 14.3. The van der Waals surface area contributed by atoms with Crippen LogP contribution in [-0.2, 0) is 9.31 Å². The Morgan fingerprint density at radius 1 is 1.26 bits per heavy atom. The summed E-state index contributed by atoms with van der Waals surface area (Å²) in [6, 6.07) is 5.48. The second kappa shape index (κ2) is 4.48. The van der Waals surface area contributed by atoms with Crippen LogP contribution in [0.5, 0.6) is 0 Å². The summed E-state index contributed by atoms with van der Waals surface area (Å²) in [4.78, 5) is 4.39. The maximum atomic E-state index is 9.04. The van der Waals surface area contributed by atoms with Crippen LogP contribution in [0, 0.1) is 11.3 Å². The first-order valence-electron chi connectivity index (χ1n) is 6.19. The molecule has 0 N–H and O–H groups in total. The van der Waals surface area contributed by atoms with E-state index < -0.39 is 18.3 Å². The lowest BCUT2D eigenvalue weighted by molar-refractivity contribution is 0.00578. The quantitative estimate of drug-likeness (QED) is 0.758. The Hall–Kier alpha value is -1.64. The molecule has 0 atom stereocenters. The van der Waals surface area contributed by atoms with Gasteiger partial charge in [-0.15, -0.1) is 0 Å². The van der Waals surface area contributed by atoms with Crippen LogP contribution in [0.1, 0.15) is 39.0 Å². The highest BCUT2D eigenvalue weighted by molar-refractivity contribution is 6.61. The first-order chi connectivity index (χ1) is 8.79. The second-order valence-corrected chi connectivity index (χ2v) is 5.61. The van der Waals surface area contributed by atoms with E-state index in [1.807, 2.05) is 27.7 Å².